The van der Waals surface area contributed by atoms with E-state index >= 15 is 0 Å². The average Bonchev–Trinajstić information content (AvgIpc) is 2.30. The van der Waals surface area contributed by atoms with Gasteiger partial charge in [-0.2, -0.15) is 0 Å². The second-order valence-corrected chi connectivity index (χ2v) is 3.50. The fraction of sp³-hybridized carbons (Fsp3) is 0.462. The molecule has 1 aromatic carbocycles. The van der Waals surface area contributed by atoms with Crippen LogP contribution in [0.2, 0.25) is 0 Å². The van der Waals surface area contributed by atoms with Gasteiger partial charge in [0.05, 0.1) is 6.61 Å². The summed E-state index contributed by atoms with van der Waals surface area (Å²) in [6.07, 6.45) is 1.23. The summed E-state index contributed by atoms with van der Waals surface area (Å²) in [6, 6.07) is 10.1. The van der Waals surface area contributed by atoms with Gasteiger partial charge in [-0.25, -0.2) is 5.32 Å². The minimum atomic E-state index is -0.127. The molecule has 0 heterocycles. The third-order valence-electron chi connectivity index (χ3n) is 2.14. The molecule has 0 N–H and O–H groups in total. The maximum Gasteiger partial charge on any atom is 0.305 e. The SMILES string of the molecule is CCOC(=O)CCC[N]Cc1ccccc1. The lowest BCUT2D eigenvalue weighted by atomic mass is 10.2. The van der Waals surface area contributed by atoms with Crippen LogP contribution in [0.3, 0.4) is 0 Å². The third-order valence-corrected chi connectivity index (χ3v) is 2.14. The lowest BCUT2D eigenvalue weighted by Crippen LogP contribution is -2.10. The molecule has 1 aromatic rings. The maximum absolute atomic E-state index is 11.0. The van der Waals surface area contributed by atoms with Crippen molar-refractivity contribution in [2.45, 2.75) is 26.3 Å². The highest BCUT2D eigenvalue weighted by Gasteiger charge is 2.00. The van der Waals surface area contributed by atoms with E-state index in [-0.39, 0.29) is 5.97 Å². The quantitative estimate of drug-likeness (QED) is 0.521. The summed E-state index contributed by atoms with van der Waals surface area (Å²) in [7, 11) is 0. The summed E-state index contributed by atoms with van der Waals surface area (Å²) in [6.45, 7) is 3.72. The Morgan fingerprint density at radius 3 is 2.75 bits per heavy atom. The van der Waals surface area contributed by atoms with Gasteiger partial charge in [0, 0.05) is 19.5 Å². The van der Waals surface area contributed by atoms with Crippen molar-refractivity contribution in [1.29, 1.82) is 0 Å². The van der Waals surface area contributed by atoms with Crippen molar-refractivity contribution in [2.24, 2.45) is 0 Å². The Bertz CT molecular complexity index is 298. The standard InChI is InChI=1S/C13H18NO2/c1-2-16-13(15)9-6-10-14-11-12-7-4-3-5-8-12/h3-5,7-8H,2,6,9-11H2,1H3. The summed E-state index contributed by atoms with van der Waals surface area (Å²) in [5, 5.41) is 4.37. The molecular formula is C13H18NO2. The highest BCUT2D eigenvalue weighted by Crippen LogP contribution is 1.99. The molecule has 0 bridgehead atoms. The van der Waals surface area contributed by atoms with Crippen LogP contribution in [0.4, 0.5) is 0 Å². The molecule has 3 heteroatoms. The maximum atomic E-state index is 11.0. The van der Waals surface area contributed by atoms with E-state index in [1.165, 1.54) is 5.56 Å². The van der Waals surface area contributed by atoms with Crippen LogP contribution in [0.1, 0.15) is 25.3 Å². The van der Waals surface area contributed by atoms with Crippen LogP contribution in [0.25, 0.3) is 0 Å². The highest BCUT2D eigenvalue weighted by molar-refractivity contribution is 5.69. The van der Waals surface area contributed by atoms with E-state index in [0.29, 0.717) is 19.6 Å². The monoisotopic (exact) mass is 220 g/mol. The van der Waals surface area contributed by atoms with E-state index in [2.05, 4.69) is 17.4 Å². The van der Waals surface area contributed by atoms with Gasteiger partial charge in [0.15, 0.2) is 0 Å². The molecule has 0 amide bonds. The Morgan fingerprint density at radius 1 is 1.31 bits per heavy atom. The van der Waals surface area contributed by atoms with E-state index in [0.717, 1.165) is 13.0 Å². The van der Waals surface area contributed by atoms with Gasteiger partial charge in [0.1, 0.15) is 0 Å². The summed E-state index contributed by atoms with van der Waals surface area (Å²) in [5.41, 5.74) is 1.21. The van der Waals surface area contributed by atoms with Crippen LogP contribution in [0.15, 0.2) is 30.3 Å². The molecule has 87 valence electrons. The first-order chi connectivity index (χ1) is 7.83. The van der Waals surface area contributed by atoms with E-state index in [1.807, 2.05) is 25.1 Å². The lowest BCUT2D eigenvalue weighted by molar-refractivity contribution is -0.143. The van der Waals surface area contributed by atoms with Crippen molar-refractivity contribution in [2.75, 3.05) is 13.2 Å². The van der Waals surface area contributed by atoms with E-state index in [9.17, 15) is 4.79 Å². The second-order valence-electron chi connectivity index (χ2n) is 3.50. The van der Waals surface area contributed by atoms with Gasteiger partial charge < -0.3 is 4.74 Å². The first kappa shape index (κ1) is 12.7. The number of carbonyl (C=O) groups excluding carboxylic acids is 1. The predicted molar refractivity (Wildman–Crippen MR) is 63.0 cm³/mol. The van der Waals surface area contributed by atoms with Crippen molar-refractivity contribution in [1.82, 2.24) is 5.32 Å². The zero-order valence-electron chi connectivity index (χ0n) is 9.69. The Balaban J connectivity index is 2.02. The zero-order chi connectivity index (χ0) is 11.6. The molecule has 0 aromatic heterocycles. The van der Waals surface area contributed by atoms with Crippen LogP contribution in [0, 0.1) is 0 Å². The van der Waals surface area contributed by atoms with Gasteiger partial charge >= 0.3 is 5.97 Å². The smallest absolute Gasteiger partial charge is 0.305 e. The fourth-order valence-corrected chi connectivity index (χ4v) is 1.36. The van der Waals surface area contributed by atoms with Gasteiger partial charge in [0.2, 0.25) is 0 Å². The number of ether oxygens (including phenoxy) is 1. The molecular weight excluding hydrogens is 202 g/mol. The summed E-state index contributed by atoms with van der Waals surface area (Å²) < 4.78 is 4.83. The molecule has 0 saturated carbocycles. The second kappa shape index (κ2) is 7.88. The van der Waals surface area contributed by atoms with Crippen molar-refractivity contribution in [3.8, 4) is 0 Å². The van der Waals surface area contributed by atoms with Crippen LogP contribution in [-0.2, 0) is 16.1 Å². The lowest BCUT2D eigenvalue weighted by Gasteiger charge is -2.03. The van der Waals surface area contributed by atoms with Crippen LogP contribution in [0.5, 0.6) is 0 Å². The third kappa shape index (κ3) is 5.51. The number of hydrogen-bond donors (Lipinski definition) is 0. The van der Waals surface area contributed by atoms with Crippen LogP contribution < -0.4 is 5.32 Å². The van der Waals surface area contributed by atoms with E-state index in [4.69, 9.17) is 4.74 Å². The van der Waals surface area contributed by atoms with Gasteiger partial charge in [-0.15, -0.1) is 0 Å². The van der Waals surface area contributed by atoms with Crippen LogP contribution >= 0.6 is 0 Å². The highest BCUT2D eigenvalue weighted by atomic mass is 16.5. The molecule has 0 unspecified atom stereocenters. The molecule has 1 rings (SSSR count). The molecule has 0 aliphatic heterocycles. The number of nitrogens with zero attached hydrogens (tertiary/aromatic N) is 1. The normalized spacial score (nSPS) is 10.1. The minimum Gasteiger partial charge on any atom is -0.466 e. The molecule has 3 nitrogen and oxygen atoms in total. The van der Waals surface area contributed by atoms with Gasteiger partial charge in [-0.3, -0.25) is 4.79 Å². The van der Waals surface area contributed by atoms with Crippen molar-refractivity contribution in [3.63, 3.8) is 0 Å². The van der Waals surface area contributed by atoms with E-state index < -0.39 is 0 Å². The molecule has 0 spiro atoms. The number of hydrogen-bond acceptors (Lipinski definition) is 2. The Kier molecular flexibility index (Phi) is 6.26. The first-order valence-corrected chi connectivity index (χ1v) is 5.65. The molecule has 0 saturated heterocycles. The Morgan fingerprint density at radius 2 is 2.06 bits per heavy atom. The largest absolute Gasteiger partial charge is 0.466 e. The molecule has 1 radical (unpaired) electrons. The van der Waals surface area contributed by atoms with Gasteiger partial charge in [-0.1, -0.05) is 30.3 Å². The number of esters is 1. The van der Waals surface area contributed by atoms with Crippen LogP contribution in [-0.4, -0.2) is 19.1 Å². The number of rotatable bonds is 7. The van der Waals surface area contributed by atoms with E-state index in [1.54, 1.807) is 0 Å². The Labute approximate surface area is 96.8 Å². The van der Waals surface area contributed by atoms with Crippen molar-refractivity contribution < 1.29 is 9.53 Å². The number of benzene rings is 1. The average molecular weight is 220 g/mol. The first-order valence-electron chi connectivity index (χ1n) is 5.65. The summed E-state index contributed by atoms with van der Waals surface area (Å²) >= 11 is 0. The number of carbonyl (C=O) groups is 1. The van der Waals surface area contributed by atoms with Gasteiger partial charge in [0.25, 0.3) is 0 Å². The molecule has 0 atom stereocenters. The molecule has 0 aliphatic carbocycles. The van der Waals surface area contributed by atoms with Crippen molar-refractivity contribution in [3.05, 3.63) is 35.9 Å². The molecule has 16 heavy (non-hydrogen) atoms. The summed E-state index contributed by atoms with van der Waals surface area (Å²) in [5.74, 6) is -0.127. The Hall–Kier alpha value is -1.35. The predicted octanol–water partition coefficient (Wildman–Crippen LogP) is 2.13. The fourth-order valence-electron chi connectivity index (χ4n) is 1.36. The summed E-state index contributed by atoms with van der Waals surface area (Å²) in [4.78, 5) is 11.0. The molecule has 0 fully saturated rings. The van der Waals surface area contributed by atoms with Crippen molar-refractivity contribution >= 4 is 5.97 Å². The van der Waals surface area contributed by atoms with Gasteiger partial charge in [-0.05, 0) is 18.9 Å². The minimum absolute atomic E-state index is 0.127. The zero-order valence-corrected chi connectivity index (χ0v) is 9.69. The topological polar surface area (TPSA) is 40.4 Å². The molecule has 0 aliphatic rings.